The molecular formula is C22H23ClN4O4S2. The molecule has 0 radical (unpaired) electrons. The smallest absolute Gasteiger partial charge is 0.253 e. The molecule has 0 saturated carbocycles. The maximum atomic E-state index is 13.1. The Bertz CT molecular complexity index is 1280. The number of halogens is 1. The summed E-state index contributed by atoms with van der Waals surface area (Å²) in [5, 5.41) is 4.16. The SMILES string of the molecule is CC(C(=O)NCCc1ccncc1)N1CCN(S(=O)(=O)c2cc3ccc(Cl)cc3s2)CC1=O. The third-order valence-corrected chi connectivity index (χ3v) is 9.21. The summed E-state index contributed by atoms with van der Waals surface area (Å²) in [7, 11) is -3.83. The molecule has 1 aromatic carbocycles. The minimum Gasteiger partial charge on any atom is -0.354 e. The lowest BCUT2D eigenvalue weighted by Gasteiger charge is -2.36. The second-order valence-corrected chi connectivity index (χ2v) is 11.4. The summed E-state index contributed by atoms with van der Waals surface area (Å²) in [6.07, 6.45) is 4.04. The fraction of sp³-hybridized carbons (Fsp3) is 0.318. The first kappa shape index (κ1) is 23.6. The average Bonchev–Trinajstić information content (AvgIpc) is 3.23. The molecule has 2 aromatic heterocycles. The Kier molecular flexibility index (Phi) is 6.99. The maximum absolute atomic E-state index is 13.1. The van der Waals surface area contributed by atoms with Crippen molar-refractivity contribution < 1.29 is 18.0 Å². The van der Waals surface area contributed by atoms with E-state index >= 15 is 0 Å². The largest absolute Gasteiger partial charge is 0.354 e. The van der Waals surface area contributed by atoms with Gasteiger partial charge < -0.3 is 10.2 Å². The van der Waals surface area contributed by atoms with E-state index in [2.05, 4.69) is 10.3 Å². The Hall–Kier alpha value is -2.53. The van der Waals surface area contributed by atoms with Gasteiger partial charge in [-0.05, 0) is 54.6 Å². The number of nitrogens with zero attached hydrogens (tertiary/aromatic N) is 3. The van der Waals surface area contributed by atoms with E-state index in [1.54, 1.807) is 43.6 Å². The van der Waals surface area contributed by atoms with E-state index in [1.165, 1.54) is 9.21 Å². The van der Waals surface area contributed by atoms with Crippen LogP contribution in [0.2, 0.25) is 5.02 Å². The number of sulfonamides is 1. The third kappa shape index (κ3) is 5.19. The maximum Gasteiger partial charge on any atom is 0.253 e. The normalized spacial score (nSPS) is 16.2. The van der Waals surface area contributed by atoms with Crippen LogP contribution in [0.3, 0.4) is 0 Å². The number of carbonyl (C=O) groups excluding carboxylic acids is 2. The van der Waals surface area contributed by atoms with Gasteiger partial charge >= 0.3 is 0 Å². The number of fused-ring (bicyclic) bond motifs is 1. The molecule has 1 aliphatic rings. The number of thiophene rings is 1. The van der Waals surface area contributed by atoms with Crippen molar-refractivity contribution in [2.24, 2.45) is 0 Å². The lowest BCUT2D eigenvalue weighted by molar-refractivity contribution is -0.142. The van der Waals surface area contributed by atoms with Crippen LogP contribution in [0, 0.1) is 0 Å². The van der Waals surface area contributed by atoms with Crippen LogP contribution in [0.25, 0.3) is 10.1 Å². The Balaban J connectivity index is 1.37. The van der Waals surface area contributed by atoms with Gasteiger partial charge in [0.15, 0.2) is 0 Å². The van der Waals surface area contributed by atoms with Crippen LogP contribution in [-0.4, -0.2) is 66.6 Å². The number of benzene rings is 1. The zero-order valence-electron chi connectivity index (χ0n) is 17.9. The molecule has 11 heteroatoms. The minimum atomic E-state index is -3.83. The number of hydrogen-bond donors (Lipinski definition) is 1. The highest BCUT2D eigenvalue weighted by molar-refractivity contribution is 7.91. The summed E-state index contributed by atoms with van der Waals surface area (Å²) in [5.41, 5.74) is 1.05. The Morgan fingerprint density at radius 3 is 2.70 bits per heavy atom. The first-order valence-corrected chi connectivity index (χ1v) is 13.0. The predicted octanol–water partition coefficient (Wildman–Crippen LogP) is 2.53. The van der Waals surface area contributed by atoms with E-state index in [4.69, 9.17) is 11.6 Å². The van der Waals surface area contributed by atoms with Crippen molar-refractivity contribution in [2.45, 2.75) is 23.6 Å². The first-order chi connectivity index (χ1) is 15.8. The highest BCUT2D eigenvalue weighted by Crippen LogP contribution is 2.33. The van der Waals surface area contributed by atoms with Crippen LogP contribution in [0.4, 0.5) is 0 Å². The highest BCUT2D eigenvalue weighted by atomic mass is 35.5. The van der Waals surface area contributed by atoms with Crippen LogP contribution in [-0.2, 0) is 26.0 Å². The van der Waals surface area contributed by atoms with E-state index in [9.17, 15) is 18.0 Å². The zero-order valence-corrected chi connectivity index (χ0v) is 20.3. The van der Waals surface area contributed by atoms with Gasteiger partial charge in [-0.1, -0.05) is 17.7 Å². The van der Waals surface area contributed by atoms with Crippen molar-refractivity contribution in [1.29, 1.82) is 0 Å². The number of amides is 2. The van der Waals surface area contributed by atoms with Crippen molar-refractivity contribution in [3.05, 3.63) is 59.4 Å². The fourth-order valence-electron chi connectivity index (χ4n) is 3.68. The van der Waals surface area contributed by atoms with Crippen LogP contribution in [0.15, 0.2) is 53.0 Å². The van der Waals surface area contributed by atoms with E-state index in [-0.39, 0.29) is 29.8 Å². The number of nitrogens with one attached hydrogen (secondary N) is 1. The number of carbonyl (C=O) groups is 2. The van der Waals surface area contributed by atoms with E-state index < -0.39 is 22.0 Å². The minimum absolute atomic E-state index is 0.123. The summed E-state index contributed by atoms with van der Waals surface area (Å²) in [5.74, 6) is -0.666. The van der Waals surface area contributed by atoms with Gasteiger partial charge in [-0.15, -0.1) is 11.3 Å². The molecular weight excluding hydrogens is 484 g/mol. The molecule has 4 rings (SSSR count). The Labute approximate surface area is 201 Å². The van der Waals surface area contributed by atoms with Gasteiger partial charge in [0.1, 0.15) is 10.3 Å². The van der Waals surface area contributed by atoms with Gasteiger partial charge in [0, 0.05) is 41.8 Å². The second kappa shape index (κ2) is 9.76. The number of piperazine rings is 1. The van der Waals surface area contributed by atoms with E-state index in [0.717, 1.165) is 27.0 Å². The lowest BCUT2D eigenvalue weighted by atomic mass is 10.2. The predicted molar refractivity (Wildman–Crippen MR) is 128 cm³/mol. The Morgan fingerprint density at radius 2 is 1.97 bits per heavy atom. The van der Waals surface area contributed by atoms with Crippen LogP contribution < -0.4 is 5.32 Å². The van der Waals surface area contributed by atoms with Gasteiger partial charge in [0.2, 0.25) is 11.8 Å². The number of aromatic nitrogens is 1. The van der Waals surface area contributed by atoms with Crippen LogP contribution >= 0.6 is 22.9 Å². The van der Waals surface area contributed by atoms with E-state index in [1.807, 2.05) is 12.1 Å². The molecule has 3 heterocycles. The monoisotopic (exact) mass is 506 g/mol. The molecule has 174 valence electrons. The lowest BCUT2D eigenvalue weighted by Crippen LogP contribution is -2.57. The van der Waals surface area contributed by atoms with Crippen molar-refractivity contribution in [3.63, 3.8) is 0 Å². The summed E-state index contributed by atoms with van der Waals surface area (Å²) < 4.78 is 28.4. The molecule has 33 heavy (non-hydrogen) atoms. The van der Waals surface area contributed by atoms with Crippen LogP contribution in [0.5, 0.6) is 0 Å². The van der Waals surface area contributed by atoms with Crippen molar-refractivity contribution >= 4 is 54.9 Å². The van der Waals surface area contributed by atoms with E-state index in [0.29, 0.717) is 18.0 Å². The summed E-state index contributed by atoms with van der Waals surface area (Å²) >= 11 is 7.13. The molecule has 1 fully saturated rings. The summed E-state index contributed by atoms with van der Waals surface area (Å²) in [6, 6.07) is 9.86. The van der Waals surface area contributed by atoms with Crippen LogP contribution in [0.1, 0.15) is 12.5 Å². The van der Waals surface area contributed by atoms with Crippen molar-refractivity contribution in [2.75, 3.05) is 26.2 Å². The molecule has 0 bridgehead atoms. The summed E-state index contributed by atoms with van der Waals surface area (Å²) in [4.78, 5) is 30.7. The molecule has 1 saturated heterocycles. The quantitative estimate of drug-likeness (QED) is 0.531. The molecule has 1 unspecified atom stereocenters. The molecule has 0 spiro atoms. The van der Waals surface area contributed by atoms with Gasteiger partial charge in [0.25, 0.3) is 10.0 Å². The van der Waals surface area contributed by atoms with Crippen molar-refractivity contribution in [3.8, 4) is 0 Å². The van der Waals surface area contributed by atoms with Gasteiger partial charge in [0.05, 0.1) is 6.54 Å². The molecule has 8 nitrogen and oxygen atoms in total. The zero-order chi connectivity index (χ0) is 23.6. The van der Waals surface area contributed by atoms with Gasteiger partial charge in [-0.2, -0.15) is 4.31 Å². The summed E-state index contributed by atoms with van der Waals surface area (Å²) in [6.45, 7) is 2.06. The Morgan fingerprint density at radius 1 is 1.21 bits per heavy atom. The average molecular weight is 507 g/mol. The second-order valence-electron chi connectivity index (χ2n) is 7.75. The third-order valence-electron chi connectivity index (χ3n) is 5.59. The molecule has 1 aliphatic heterocycles. The van der Waals surface area contributed by atoms with Gasteiger partial charge in [-0.25, -0.2) is 8.42 Å². The highest BCUT2D eigenvalue weighted by Gasteiger charge is 2.37. The molecule has 1 N–H and O–H groups in total. The fourth-order valence-corrected chi connectivity index (χ4v) is 6.89. The molecule has 3 aromatic rings. The number of hydrogen-bond acceptors (Lipinski definition) is 6. The standard InChI is InChI=1S/C22H23ClN4O4S2/c1-15(22(29)25-9-6-16-4-7-24-8-5-16)27-11-10-26(14-20(27)28)33(30,31)21-12-17-2-3-18(23)13-19(17)32-21/h2-5,7-8,12-13,15H,6,9-11,14H2,1H3,(H,25,29). The molecule has 1 atom stereocenters. The first-order valence-electron chi connectivity index (χ1n) is 10.4. The topological polar surface area (TPSA) is 99.7 Å². The number of pyridine rings is 1. The molecule has 2 amide bonds. The van der Waals surface area contributed by atoms with Crippen molar-refractivity contribution in [1.82, 2.24) is 19.5 Å². The number of rotatable bonds is 7. The van der Waals surface area contributed by atoms with Gasteiger partial charge in [-0.3, -0.25) is 14.6 Å². The molecule has 0 aliphatic carbocycles.